The molecule has 0 saturated carbocycles. The molecule has 118 valence electrons. The second kappa shape index (κ2) is 5.54. The third-order valence-corrected chi connectivity index (χ3v) is 4.25. The SMILES string of the molecule is Cc1cc(C)cc(CN2C(=O)NC(C)(c3ccccc3)C2=O)c1. The number of carbonyl (C=O) groups excluding carboxylic acids is 2. The molecule has 1 atom stereocenters. The van der Waals surface area contributed by atoms with Crippen LogP contribution < -0.4 is 5.32 Å². The van der Waals surface area contributed by atoms with Crippen molar-refractivity contribution in [3.8, 4) is 0 Å². The van der Waals surface area contributed by atoms with Crippen LogP contribution in [0.1, 0.15) is 29.2 Å². The van der Waals surface area contributed by atoms with Gasteiger partial charge in [-0.1, -0.05) is 59.7 Å². The van der Waals surface area contributed by atoms with Crippen LogP contribution in [0.25, 0.3) is 0 Å². The first-order chi connectivity index (χ1) is 10.9. The van der Waals surface area contributed by atoms with Crippen LogP contribution in [0.4, 0.5) is 4.79 Å². The second-order valence-electron chi connectivity index (χ2n) is 6.31. The van der Waals surface area contributed by atoms with Gasteiger partial charge >= 0.3 is 6.03 Å². The number of aryl methyl sites for hydroxylation is 2. The Labute approximate surface area is 136 Å². The van der Waals surface area contributed by atoms with Crippen molar-refractivity contribution in [2.24, 2.45) is 0 Å². The summed E-state index contributed by atoms with van der Waals surface area (Å²) in [6.45, 7) is 6.06. The molecule has 1 aliphatic rings. The van der Waals surface area contributed by atoms with Crippen molar-refractivity contribution in [1.82, 2.24) is 10.2 Å². The molecule has 0 aromatic heterocycles. The largest absolute Gasteiger partial charge is 0.325 e. The van der Waals surface area contributed by atoms with Gasteiger partial charge in [-0.2, -0.15) is 0 Å². The molecule has 23 heavy (non-hydrogen) atoms. The predicted molar refractivity (Wildman–Crippen MR) is 88.8 cm³/mol. The third kappa shape index (κ3) is 2.72. The zero-order chi connectivity index (χ0) is 16.6. The number of benzene rings is 2. The molecule has 3 rings (SSSR count). The Bertz CT molecular complexity index is 750. The Balaban J connectivity index is 1.90. The molecule has 0 bridgehead atoms. The number of imide groups is 1. The van der Waals surface area contributed by atoms with E-state index in [1.807, 2.05) is 56.3 Å². The molecule has 0 spiro atoms. The van der Waals surface area contributed by atoms with Gasteiger partial charge in [-0.25, -0.2) is 4.79 Å². The van der Waals surface area contributed by atoms with E-state index >= 15 is 0 Å². The lowest BCUT2D eigenvalue weighted by atomic mass is 9.92. The fourth-order valence-corrected chi connectivity index (χ4v) is 3.15. The van der Waals surface area contributed by atoms with E-state index < -0.39 is 5.54 Å². The molecule has 4 nitrogen and oxygen atoms in total. The highest BCUT2D eigenvalue weighted by Gasteiger charge is 2.48. The molecule has 1 fully saturated rings. The Kier molecular flexibility index (Phi) is 3.68. The Morgan fingerprint density at radius 2 is 1.61 bits per heavy atom. The van der Waals surface area contributed by atoms with E-state index in [1.165, 1.54) is 4.90 Å². The minimum Gasteiger partial charge on any atom is -0.319 e. The van der Waals surface area contributed by atoms with Gasteiger partial charge in [-0.3, -0.25) is 9.69 Å². The highest BCUT2D eigenvalue weighted by molar-refractivity contribution is 6.07. The molecule has 4 heteroatoms. The van der Waals surface area contributed by atoms with Crippen LogP contribution in [-0.2, 0) is 16.9 Å². The predicted octanol–water partition coefficient (Wildman–Crippen LogP) is 3.27. The molecule has 1 N–H and O–H groups in total. The van der Waals surface area contributed by atoms with Crippen LogP contribution in [0.5, 0.6) is 0 Å². The van der Waals surface area contributed by atoms with Crippen molar-refractivity contribution >= 4 is 11.9 Å². The highest BCUT2D eigenvalue weighted by atomic mass is 16.2. The molecule has 3 amide bonds. The minimum atomic E-state index is -1.00. The van der Waals surface area contributed by atoms with E-state index in [4.69, 9.17) is 0 Å². The molecule has 0 radical (unpaired) electrons. The molecule has 2 aromatic rings. The first kappa shape index (κ1) is 15.3. The first-order valence-corrected chi connectivity index (χ1v) is 7.67. The highest BCUT2D eigenvalue weighted by Crippen LogP contribution is 2.29. The molecule has 1 unspecified atom stereocenters. The number of urea groups is 1. The van der Waals surface area contributed by atoms with Crippen LogP contribution in [0.3, 0.4) is 0 Å². The van der Waals surface area contributed by atoms with Gasteiger partial charge in [0.05, 0.1) is 6.54 Å². The average molecular weight is 308 g/mol. The number of nitrogens with zero attached hydrogens (tertiary/aromatic N) is 1. The normalized spacial score (nSPS) is 20.7. The first-order valence-electron chi connectivity index (χ1n) is 7.67. The van der Waals surface area contributed by atoms with Crippen molar-refractivity contribution in [2.45, 2.75) is 32.9 Å². The van der Waals surface area contributed by atoms with Crippen LogP contribution in [0.2, 0.25) is 0 Å². The standard InChI is InChI=1S/C19H20N2O2/c1-13-9-14(2)11-15(10-13)12-21-17(22)19(3,20-18(21)23)16-7-5-4-6-8-16/h4-11H,12H2,1-3H3,(H,20,23). The summed E-state index contributed by atoms with van der Waals surface area (Å²) in [6, 6.07) is 15.1. The number of carbonyl (C=O) groups is 2. The van der Waals surface area contributed by atoms with E-state index in [2.05, 4.69) is 11.4 Å². The molecular weight excluding hydrogens is 288 g/mol. The summed E-state index contributed by atoms with van der Waals surface area (Å²) in [5, 5.41) is 2.83. The summed E-state index contributed by atoms with van der Waals surface area (Å²) < 4.78 is 0. The quantitative estimate of drug-likeness (QED) is 0.885. The van der Waals surface area contributed by atoms with E-state index in [1.54, 1.807) is 6.92 Å². The van der Waals surface area contributed by atoms with Crippen molar-refractivity contribution in [2.75, 3.05) is 0 Å². The lowest BCUT2D eigenvalue weighted by Crippen LogP contribution is -2.40. The fourth-order valence-electron chi connectivity index (χ4n) is 3.15. The summed E-state index contributed by atoms with van der Waals surface area (Å²) in [7, 11) is 0. The van der Waals surface area contributed by atoms with Crippen molar-refractivity contribution in [3.63, 3.8) is 0 Å². The van der Waals surface area contributed by atoms with Gasteiger partial charge in [-0.05, 0) is 31.9 Å². The van der Waals surface area contributed by atoms with Gasteiger partial charge in [0.2, 0.25) is 0 Å². The maximum absolute atomic E-state index is 12.9. The van der Waals surface area contributed by atoms with E-state index in [0.29, 0.717) is 0 Å². The zero-order valence-electron chi connectivity index (χ0n) is 13.6. The van der Waals surface area contributed by atoms with Crippen molar-refractivity contribution < 1.29 is 9.59 Å². The van der Waals surface area contributed by atoms with Gasteiger partial charge in [0.15, 0.2) is 0 Å². The lowest BCUT2D eigenvalue weighted by Gasteiger charge is -2.22. The van der Waals surface area contributed by atoms with Crippen LogP contribution in [-0.4, -0.2) is 16.8 Å². The Hall–Kier alpha value is -2.62. The number of hydrogen-bond acceptors (Lipinski definition) is 2. The minimum absolute atomic E-state index is 0.215. The summed E-state index contributed by atoms with van der Waals surface area (Å²) in [5.41, 5.74) is 3.00. The fraction of sp³-hybridized carbons (Fsp3) is 0.263. The molecule has 0 aliphatic carbocycles. The number of amides is 3. The average Bonchev–Trinajstić information content (AvgIpc) is 2.72. The van der Waals surface area contributed by atoms with Crippen molar-refractivity contribution in [1.29, 1.82) is 0 Å². The zero-order valence-corrected chi connectivity index (χ0v) is 13.6. The van der Waals surface area contributed by atoms with Gasteiger partial charge in [0, 0.05) is 0 Å². The van der Waals surface area contributed by atoms with Gasteiger partial charge in [-0.15, -0.1) is 0 Å². The van der Waals surface area contributed by atoms with Crippen molar-refractivity contribution in [3.05, 3.63) is 70.8 Å². The summed E-state index contributed by atoms with van der Waals surface area (Å²) in [6.07, 6.45) is 0. The molecular formula is C19H20N2O2. The van der Waals surface area contributed by atoms with Crippen LogP contribution >= 0.6 is 0 Å². The lowest BCUT2D eigenvalue weighted by molar-refractivity contribution is -0.131. The maximum Gasteiger partial charge on any atom is 0.325 e. The Morgan fingerprint density at radius 3 is 2.22 bits per heavy atom. The van der Waals surface area contributed by atoms with E-state index in [0.717, 1.165) is 22.3 Å². The molecule has 1 heterocycles. The van der Waals surface area contributed by atoms with Crippen LogP contribution in [0, 0.1) is 13.8 Å². The second-order valence-corrected chi connectivity index (χ2v) is 6.31. The third-order valence-electron chi connectivity index (χ3n) is 4.25. The summed E-state index contributed by atoms with van der Waals surface area (Å²) in [5.74, 6) is -0.215. The smallest absolute Gasteiger partial charge is 0.319 e. The number of rotatable bonds is 3. The topological polar surface area (TPSA) is 49.4 Å². The Morgan fingerprint density at radius 1 is 1.00 bits per heavy atom. The van der Waals surface area contributed by atoms with E-state index in [-0.39, 0.29) is 18.5 Å². The number of nitrogens with one attached hydrogen (secondary N) is 1. The number of hydrogen-bond donors (Lipinski definition) is 1. The van der Waals surface area contributed by atoms with Gasteiger partial charge < -0.3 is 5.32 Å². The maximum atomic E-state index is 12.9. The molecule has 1 aliphatic heterocycles. The molecule has 1 saturated heterocycles. The summed E-state index contributed by atoms with van der Waals surface area (Å²) in [4.78, 5) is 26.5. The molecule has 2 aromatic carbocycles. The summed E-state index contributed by atoms with van der Waals surface area (Å²) >= 11 is 0. The van der Waals surface area contributed by atoms with Gasteiger partial charge in [0.1, 0.15) is 5.54 Å². The van der Waals surface area contributed by atoms with Crippen LogP contribution in [0.15, 0.2) is 48.5 Å². The monoisotopic (exact) mass is 308 g/mol. The van der Waals surface area contributed by atoms with Gasteiger partial charge in [0.25, 0.3) is 5.91 Å². The van der Waals surface area contributed by atoms with E-state index in [9.17, 15) is 9.59 Å².